The van der Waals surface area contributed by atoms with E-state index in [1.165, 1.54) is 0 Å². The fourth-order valence-electron chi connectivity index (χ4n) is 2.29. The average molecular weight is 258 g/mol. The molecule has 0 N–H and O–H groups in total. The van der Waals surface area contributed by atoms with Crippen LogP contribution in [-0.2, 0) is 18.9 Å². The fraction of sp³-hybridized carbons (Fsp3) is 0.923. The van der Waals surface area contributed by atoms with E-state index in [0.29, 0.717) is 0 Å². The molecule has 0 radical (unpaired) electrons. The number of carbonyl (C=O) groups is 1. The highest BCUT2D eigenvalue weighted by atomic mass is 16.7. The molecule has 0 bridgehead atoms. The van der Waals surface area contributed by atoms with Crippen LogP contribution in [-0.4, -0.2) is 42.8 Å². The second-order valence-corrected chi connectivity index (χ2v) is 5.18. The molecule has 5 nitrogen and oxygen atoms in total. The molecule has 18 heavy (non-hydrogen) atoms. The topological polar surface area (TPSA) is 60.6 Å². The summed E-state index contributed by atoms with van der Waals surface area (Å²) in [4.78, 5) is 11.5. The summed E-state index contributed by atoms with van der Waals surface area (Å²) in [7, 11) is 0. The Kier molecular flexibility index (Phi) is 3.56. The normalized spacial score (nSPS) is 41.3. The van der Waals surface area contributed by atoms with E-state index in [1.54, 1.807) is 0 Å². The lowest BCUT2D eigenvalue weighted by Gasteiger charge is -2.13. The zero-order valence-electron chi connectivity index (χ0n) is 11.5. The van der Waals surface area contributed by atoms with Gasteiger partial charge in [-0.3, -0.25) is 0 Å². The Morgan fingerprint density at radius 3 is 1.56 bits per heavy atom. The molecule has 0 aromatic heterocycles. The minimum absolute atomic E-state index is 0.157. The number of hydrogen-bond acceptors (Lipinski definition) is 5. The highest BCUT2D eigenvalue weighted by molar-refractivity contribution is 5.60. The van der Waals surface area contributed by atoms with Crippen LogP contribution in [0.3, 0.4) is 0 Å². The predicted octanol–water partition coefficient (Wildman–Crippen LogP) is 2.27. The molecule has 0 aromatic rings. The molecular weight excluding hydrogens is 236 g/mol. The third-order valence-corrected chi connectivity index (χ3v) is 4.26. The van der Waals surface area contributed by atoms with Gasteiger partial charge in [-0.2, -0.15) is 0 Å². The minimum atomic E-state index is -0.638. The van der Waals surface area contributed by atoms with Gasteiger partial charge in [0.15, 0.2) is 0 Å². The van der Waals surface area contributed by atoms with Crippen molar-refractivity contribution in [3.8, 4) is 0 Å². The Hall–Kier alpha value is -0.810. The Balaban J connectivity index is 1.67. The van der Waals surface area contributed by atoms with Gasteiger partial charge in [-0.05, 0) is 26.7 Å². The van der Waals surface area contributed by atoms with Crippen molar-refractivity contribution in [2.75, 3.05) is 13.2 Å². The average Bonchev–Trinajstić information content (AvgIpc) is 3.22. The zero-order valence-corrected chi connectivity index (χ0v) is 11.5. The summed E-state index contributed by atoms with van der Waals surface area (Å²) in [5, 5.41) is 0. The van der Waals surface area contributed by atoms with Gasteiger partial charge in [-0.15, -0.1) is 0 Å². The maximum atomic E-state index is 11.5. The molecule has 2 aliphatic rings. The quantitative estimate of drug-likeness (QED) is 0.540. The first-order valence-corrected chi connectivity index (χ1v) is 6.63. The second kappa shape index (κ2) is 4.70. The van der Waals surface area contributed by atoms with Crippen LogP contribution in [0.5, 0.6) is 0 Å². The third-order valence-electron chi connectivity index (χ3n) is 4.26. The summed E-state index contributed by atoms with van der Waals surface area (Å²) in [5.41, 5.74) is -0.574. The van der Waals surface area contributed by atoms with Crippen LogP contribution in [0, 0.1) is 0 Å². The van der Waals surface area contributed by atoms with Crippen LogP contribution in [0.1, 0.15) is 40.5 Å². The standard InChI is InChI=1S/C13H22O5/c1-5-12(9(3)17-12)7-15-11(14)16-8-13(6-2)10(4)18-13/h9-10H,5-8H2,1-4H3. The lowest BCUT2D eigenvalue weighted by molar-refractivity contribution is 0.0224. The van der Waals surface area contributed by atoms with Gasteiger partial charge in [0.25, 0.3) is 0 Å². The summed E-state index contributed by atoms with van der Waals surface area (Å²) in [6.07, 6.45) is 1.34. The maximum Gasteiger partial charge on any atom is 0.508 e. The minimum Gasteiger partial charge on any atom is -0.431 e. The van der Waals surface area contributed by atoms with Crippen LogP contribution < -0.4 is 0 Å². The molecule has 0 amide bonds. The molecule has 4 unspecified atom stereocenters. The van der Waals surface area contributed by atoms with Crippen LogP contribution in [0.4, 0.5) is 4.79 Å². The van der Waals surface area contributed by atoms with Crippen molar-refractivity contribution >= 4 is 6.16 Å². The molecular formula is C13H22O5. The van der Waals surface area contributed by atoms with Crippen molar-refractivity contribution < 1.29 is 23.7 Å². The van der Waals surface area contributed by atoms with Crippen molar-refractivity contribution in [2.45, 2.75) is 63.9 Å². The van der Waals surface area contributed by atoms with Crippen LogP contribution >= 0.6 is 0 Å². The van der Waals surface area contributed by atoms with Crippen molar-refractivity contribution in [1.29, 1.82) is 0 Å². The van der Waals surface area contributed by atoms with E-state index in [0.717, 1.165) is 12.8 Å². The highest BCUT2D eigenvalue weighted by Gasteiger charge is 2.54. The fourth-order valence-corrected chi connectivity index (χ4v) is 2.29. The number of rotatable bonds is 6. The number of epoxide rings is 2. The van der Waals surface area contributed by atoms with E-state index < -0.39 is 6.16 Å². The smallest absolute Gasteiger partial charge is 0.431 e. The first-order chi connectivity index (χ1) is 8.48. The van der Waals surface area contributed by atoms with Gasteiger partial charge in [-0.25, -0.2) is 4.79 Å². The molecule has 0 aromatic carbocycles. The molecule has 2 rings (SSSR count). The molecule has 2 heterocycles. The first kappa shape index (κ1) is 13.6. The van der Waals surface area contributed by atoms with E-state index in [4.69, 9.17) is 18.9 Å². The third kappa shape index (κ3) is 2.47. The molecule has 2 fully saturated rings. The zero-order chi connectivity index (χ0) is 13.4. The molecule has 0 saturated carbocycles. The molecule has 5 heteroatoms. The van der Waals surface area contributed by atoms with Gasteiger partial charge < -0.3 is 18.9 Å². The lowest BCUT2D eigenvalue weighted by Crippen LogP contribution is -2.27. The van der Waals surface area contributed by atoms with E-state index in [9.17, 15) is 4.79 Å². The maximum absolute atomic E-state index is 11.5. The first-order valence-electron chi connectivity index (χ1n) is 6.63. The van der Waals surface area contributed by atoms with Gasteiger partial charge >= 0.3 is 6.16 Å². The van der Waals surface area contributed by atoms with Gasteiger partial charge in [0.1, 0.15) is 24.4 Å². The van der Waals surface area contributed by atoms with Crippen LogP contribution in [0.15, 0.2) is 0 Å². The molecule has 0 spiro atoms. The lowest BCUT2D eigenvalue weighted by atomic mass is 10.0. The molecule has 104 valence electrons. The molecule has 0 aliphatic carbocycles. The Morgan fingerprint density at radius 1 is 1.00 bits per heavy atom. The van der Waals surface area contributed by atoms with Crippen LogP contribution in [0.25, 0.3) is 0 Å². The van der Waals surface area contributed by atoms with Crippen molar-refractivity contribution in [1.82, 2.24) is 0 Å². The molecule has 2 aliphatic heterocycles. The van der Waals surface area contributed by atoms with Gasteiger partial charge in [-0.1, -0.05) is 13.8 Å². The SMILES string of the molecule is CCC1(COC(=O)OCC2(CC)OC2C)OC1C. The van der Waals surface area contributed by atoms with Crippen LogP contribution in [0.2, 0.25) is 0 Å². The summed E-state index contributed by atoms with van der Waals surface area (Å²) in [6, 6.07) is 0. The van der Waals surface area contributed by atoms with Crippen molar-refractivity contribution in [3.05, 3.63) is 0 Å². The molecule has 2 saturated heterocycles. The Labute approximate surface area is 108 Å². The predicted molar refractivity (Wildman–Crippen MR) is 64.4 cm³/mol. The van der Waals surface area contributed by atoms with Gasteiger partial charge in [0.2, 0.25) is 0 Å². The van der Waals surface area contributed by atoms with E-state index in [1.807, 2.05) is 27.7 Å². The van der Waals surface area contributed by atoms with Gasteiger partial charge in [0.05, 0.1) is 12.2 Å². The van der Waals surface area contributed by atoms with Gasteiger partial charge in [0, 0.05) is 0 Å². The Morgan fingerprint density at radius 2 is 1.33 bits per heavy atom. The van der Waals surface area contributed by atoms with E-state index in [2.05, 4.69) is 0 Å². The van der Waals surface area contributed by atoms with Crippen molar-refractivity contribution in [2.24, 2.45) is 0 Å². The second-order valence-electron chi connectivity index (χ2n) is 5.18. The highest BCUT2D eigenvalue weighted by Crippen LogP contribution is 2.40. The van der Waals surface area contributed by atoms with Crippen molar-refractivity contribution in [3.63, 3.8) is 0 Å². The monoisotopic (exact) mass is 258 g/mol. The molecule has 4 atom stereocenters. The largest absolute Gasteiger partial charge is 0.508 e. The van der Waals surface area contributed by atoms with E-state index >= 15 is 0 Å². The summed E-state index contributed by atoms with van der Waals surface area (Å²) in [5.74, 6) is 0. The van der Waals surface area contributed by atoms with E-state index in [-0.39, 0.29) is 36.6 Å². The summed E-state index contributed by atoms with van der Waals surface area (Å²) >= 11 is 0. The summed E-state index contributed by atoms with van der Waals surface area (Å²) in [6.45, 7) is 8.51. The number of hydrogen-bond donors (Lipinski definition) is 0. The Bertz CT molecular complexity index is 293. The number of ether oxygens (including phenoxy) is 4. The number of carbonyl (C=O) groups excluding carboxylic acids is 1. The summed E-state index contributed by atoms with van der Waals surface area (Å²) < 4.78 is 21.1.